The second kappa shape index (κ2) is 7.68. The number of nitrogen functional groups attached to an aromatic ring is 1. The average molecular weight is 484 g/mol. The summed E-state index contributed by atoms with van der Waals surface area (Å²) < 4.78 is 65.1. The van der Waals surface area contributed by atoms with Crippen molar-refractivity contribution in [2.45, 2.75) is 9.79 Å². The first-order valence-corrected chi connectivity index (χ1v) is 11.0. The largest absolute Gasteiger partial charge is 0.505 e. The van der Waals surface area contributed by atoms with Crippen molar-refractivity contribution in [1.82, 2.24) is 0 Å². The van der Waals surface area contributed by atoms with E-state index in [-0.39, 0.29) is 16.5 Å². The predicted octanol–water partition coefficient (Wildman–Crippen LogP) is 2.65. The van der Waals surface area contributed by atoms with Crippen molar-refractivity contribution < 1.29 is 41.1 Å². The number of phenolic OH excluding ortho intramolecular Hbond substituents is 2. The van der Waals surface area contributed by atoms with Gasteiger partial charge in [-0.25, -0.2) is 0 Å². The first-order valence-electron chi connectivity index (χ1n) is 8.13. The van der Waals surface area contributed by atoms with Crippen LogP contribution in [0, 0.1) is 10.1 Å². The molecule has 0 radical (unpaired) electrons. The molecular formula is C16H12N4O10S2. The monoisotopic (exact) mass is 484 g/mol. The summed E-state index contributed by atoms with van der Waals surface area (Å²) in [4.78, 5) is 7.83. The molecule has 0 spiro atoms. The number of aromatic hydroxyl groups is 2. The Hall–Kier alpha value is -3.86. The molecule has 14 nitrogen and oxygen atoms in total. The number of nitrogens with zero attached hydrogens (tertiary/aromatic N) is 3. The SMILES string of the molecule is Nc1ccc2cc(S(=O)(=O)O)c(N=Nc3cc([N+](=O)[O-])cc(S(=O)(=O)O)c3O)c(O)c2c1. The third kappa shape index (κ3) is 4.28. The van der Waals surface area contributed by atoms with E-state index in [9.17, 15) is 46.3 Å². The van der Waals surface area contributed by atoms with Crippen molar-refractivity contribution in [1.29, 1.82) is 0 Å². The summed E-state index contributed by atoms with van der Waals surface area (Å²) in [6.07, 6.45) is 0. The number of azo groups is 1. The van der Waals surface area contributed by atoms with Gasteiger partial charge >= 0.3 is 0 Å². The highest BCUT2D eigenvalue weighted by Gasteiger charge is 2.25. The third-order valence-corrected chi connectivity index (χ3v) is 5.87. The number of nitro benzene ring substituents is 1. The molecule has 0 aromatic heterocycles. The molecule has 168 valence electrons. The molecule has 3 rings (SSSR count). The van der Waals surface area contributed by atoms with Gasteiger partial charge in [0, 0.05) is 23.2 Å². The number of rotatable bonds is 5. The van der Waals surface area contributed by atoms with E-state index >= 15 is 0 Å². The Bertz CT molecular complexity index is 1530. The summed E-state index contributed by atoms with van der Waals surface area (Å²) in [5, 5.41) is 38.6. The number of anilines is 1. The van der Waals surface area contributed by atoms with Gasteiger partial charge in [0.2, 0.25) is 0 Å². The van der Waals surface area contributed by atoms with Gasteiger partial charge in [-0.1, -0.05) is 6.07 Å². The van der Waals surface area contributed by atoms with Crippen molar-refractivity contribution >= 4 is 53.8 Å². The lowest BCUT2D eigenvalue weighted by molar-refractivity contribution is -0.385. The van der Waals surface area contributed by atoms with Crippen molar-refractivity contribution in [3.05, 3.63) is 46.5 Å². The molecule has 0 unspecified atom stereocenters. The minimum absolute atomic E-state index is 0.00763. The molecule has 0 heterocycles. The van der Waals surface area contributed by atoms with Gasteiger partial charge in [0.05, 0.1) is 4.92 Å². The second-order valence-electron chi connectivity index (χ2n) is 6.27. The van der Waals surface area contributed by atoms with E-state index in [2.05, 4.69) is 10.2 Å². The normalized spacial score (nSPS) is 12.4. The van der Waals surface area contributed by atoms with E-state index < -0.39 is 63.5 Å². The highest BCUT2D eigenvalue weighted by molar-refractivity contribution is 7.86. The fraction of sp³-hybridized carbons (Fsp3) is 0. The first kappa shape index (κ1) is 22.8. The Morgan fingerprint density at radius 2 is 1.50 bits per heavy atom. The van der Waals surface area contributed by atoms with Crippen molar-refractivity contribution in [3.63, 3.8) is 0 Å². The Morgan fingerprint density at radius 1 is 0.875 bits per heavy atom. The molecule has 0 saturated heterocycles. The van der Waals surface area contributed by atoms with Crippen molar-refractivity contribution in [2.75, 3.05) is 5.73 Å². The lowest BCUT2D eigenvalue weighted by Crippen LogP contribution is -2.00. The topological polar surface area (TPSA) is 243 Å². The van der Waals surface area contributed by atoms with Crippen LogP contribution in [0.1, 0.15) is 0 Å². The Kier molecular flexibility index (Phi) is 5.48. The highest BCUT2D eigenvalue weighted by atomic mass is 32.2. The number of hydrogen-bond acceptors (Lipinski definition) is 11. The Morgan fingerprint density at radius 3 is 2.06 bits per heavy atom. The number of fused-ring (bicyclic) bond motifs is 1. The van der Waals surface area contributed by atoms with Gasteiger partial charge in [0.1, 0.15) is 21.2 Å². The van der Waals surface area contributed by atoms with E-state index in [1.807, 2.05) is 0 Å². The van der Waals surface area contributed by atoms with Crippen LogP contribution in [0.15, 0.2) is 56.4 Å². The summed E-state index contributed by atoms with van der Waals surface area (Å²) in [5.41, 5.74) is 3.23. The fourth-order valence-electron chi connectivity index (χ4n) is 2.71. The number of nitrogens with two attached hydrogens (primary N) is 1. The van der Waals surface area contributed by atoms with Gasteiger partial charge in [0.15, 0.2) is 11.5 Å². The molecule has 0 bridgehead atoms. The van der Waals surface area contributed by atoms with Gasteiger partial charge in [-0.2, -0.15) is 16.8 Å². The van der Waals surface area contributed by atoms with Gasteiger partial charge in [-0.3, -0.25) is 19.2 Å². The van der Waals surface area contributed by atoms with Crippen LogP contribution >= 0.6 is 0 Å². The Balaban J connectivity index is 2.33. The smallest absolute Gasteiger partial charge is 0.298 e. The van der Waals surface area contributed by atoms with Crippen LogP contribution in [0.3, 0.4) is 0 Å². The minimum atomic E-state index is -5.12. The van der Waals surface area contributed by atoms with E-state index in [1.165, 1.54) is 18.2 Å². The maximum Gasteiger partial charge on any atom is 0.298 e. The molecule has 0 aliphatic heterocycles. The van der Waals surface area contributed by atoms with Crippen molar-refractivity contribution in [3.8, 4) is 11.5 Å². The number of phenols is 2. The summed E-state index contributed by atoms with van der Waals surface area (Å²) in [7, 11) is -10.1. The molecule has 0 saturated carbocycles. The number of hydrogen-bond donors (Lipinski definition) is 5. The van der Waals surface area contributed by atoms with Gasteiger partial charge in [-0.05, 0) is 23.6 Å². The quantitative estimate of drug-likeness (QED) is 0.116. The maximum absolute atomic E-state index is 11.8. The predicted molar refractivity (Wildman–Crippen MR) is 109 cm³/mol. The van der Waals surface area contributed by atoms with Gasteiger partial charge < -0.3 is 15.9 Å². The first-order chi connectivity index (χ1) is 14.7. The molecule has 0 aliphatic rings. The molecule has 6 N–H and O–H groups in total. The lowest BCUT2D eigenvalue weighted by Gasteiger charge is -2.09. The number of benzene rings is 3. The van der Waals surface area contributed by atoms with Crippen LogP contribution in [0.25, 0.3) is 10.8 Å². The zero-order valence-corrected chi connectivity index (χ0v) is 17.1. The lowest BCUT2D eigenvalue weighted by atomic mass is 10.1. The zero-order chi connectivity index (χ0) is 24.0. The fourth-order valence-corrected chi connectivity index (χ4v) is 3.99. The van der Waals surface area contributed by atoms with E-state index in [4.69, 9.17) is 5.73 Å². The summed E-state index contributed by atoms with van der Waals surface area (Å²) >= 11 is 0. The molecule has 32 heavy (non-hydrogen) atoms. The molecule has 0 fully saturated rings. The van der Waals surface area contributed by atoms with Gasteiger partial charge in [0.25, 0.3) is 25.9 Å². The molecule has 0 atom stereocenters. The van der Waals surface area contributed by atoms with Crippen LogP contribution in [-0.2, 0) is 20.2 Å². The third-order valence-electron chi connectivity index (χ3n) is 4.14. The van der Waals surface area contributed by atoms with E-state index in [1.54, 1.807) is 0 Å². The van der Waals surface area contributed by atoms with Gasteiger partial charge in [-0.15, -0.1) is 10.2 Å². The standard InChI is InChI=1S/C16H12N4O10S2/c17-8-2-1-7-3-12(31(25,26)27)14(15(21)10(7)4-8)19-18-11-5-9(20(23)24)6-13(16(11)22)32(28,29)30/h1-6,21-22H,17H2,(H,25,26,27)(H,28,29,30). The number of non-ortho nitro benzene ring substituents is 1. The molecule has 16 heteroatoms. The minimum Gasteiger partial charge on any atom is -0.505 e. The van der Waals surface area contributed by atoms with Crippen LogP contribution in [-0.4, -0.2) is 41.1 Å². The molecule has 0 aliphatic carbocycles. The van der Waals surface area contributed by atoms with Crippen LogP contribution < -0.4 is 5.73 Å². The van der Waals surface area contributed by atoms with Crippen LogP contribution in [0.2, 0.25) is 0 Å². The van der Waals surface area contributed by atoms with Crippen LogP contribution in [0.4, 0.5) is 22.7 Å². The summed E-state index contributed by atoms with van der Waals surface area (Å²) in [5.74, 6) is -2.04. The summed E-state index contributed by atoms with van der Waals surface area (Å²) in [6, 6.07) is 5.90. The highest BCUT2D eigenvalue weighted by Crippen LogP contribution is 2.43. The molecule has 3 aromatic rings. The zero-order valence-electron chi connectivity index (χ0n) is 15.4. The maximum atomic E-state index is 11.8. The molecular weight excluding hydrogens is 472 g/mol. The molecule has 0 amide bonds. The Labute approximate surface area is 178 Å². The van der Waals surface area contributed by atoms with E-state index in [0.717, 1.165) is 6.07 Å². The summed E-state index contributed by atoms with van der Waals surface area (Å²) in [6.45, 7) is 0. The molecule has 3 aromatic carbocycles. The van der Waals surface area contributed by atoms with E-state index in [0.29, 0.717) is 12.1 Å². The number of nitro groups is 1. The van der Waals surface area contributed by atoms with Crippen LogP contribution in [0.5, 0.6) is 11.5 Å². The van der Waals surface area contributed by atoms with Crippen molar-refractivity contribution in [2.24, 2.45) is 10.2 Å². The second-order valence-corrected chi connectivity index (χ2v) is 9.05. The average Bonchev–Trinajstić information content (AvgIpc) is 2.66.